The lowest BCUT2D eigenvalue weighted by molar-refractivity contribution is 0.215. The summed E-state index contributed by atoms with van der Waals surface area (Å²) in [5.74, 6) is 0.842. The van der Waals surface area contributed by atoms with Crippen molar-refractivity contribution < 1.29 is 9.15 Å². The molecule has 0 atom stereocenters. The molecule has 1 aliphatic heterocycles. The summed E-state index contributed by atoms with van der Waals surface area (Å²) < 4.78 is 11.6. The van der Waals surface area contributed by atoms with E-state index in [0.717, 1.165) is 26.7 Å². The van der Waals surface area contributed by atoms with Crippen molar-refractivity contribution in [3.8, 4) is 5.75 Å². The first-order valence-corrected chi connectivity index (χ1v) is 6.12. The minimum atomic E-state index is -0.266. The predicted molar refractivity (Wildman–Crippen MR) is 60.9 cm³/mol. The second-order valence-corrected chi connectivity index (χ2v) is 6.41. The van der Waals surface area contributed by atoms with Crippen molar-refractivity contribution in [2.24, 2.45) is 0 Å². The highest BCUT2D eigenvalue weighted by Crippen LogP contribution is 2.48. The normalized spacial score (nSPS) is 17.7. The molecule has 2 heterocycles. The quantitative estimate of drug-likeness (QED) is 0.709. The molecule has 0 radical (unpaired) electrons. The Kier molecular flexibility index (Phi) is 1.73. The summed E-state index contributed by atoms with van der Waals surface area (Å²) in [4.78, 5) is 11.6. The fourth-order valence-corrected chi connectivity index (χ4v) is 3.30. The molecule has 0 saturated carbocycles. The lowest BCUT2D eigenvalue weighted by Gasteiger charge is -2.15. The van der Waals surface area contributed by atoms with Crippen LogP contribution in [0.5, 0.6) is 5.75 Å². The van der Waals surface area contributed by atoms with Crippen LogP contribution in [0.1, 0.15) is 13.8 Å². The van der Waals surface area contributed by atoms with Crippen LogP contribution in [0, 0.1) is 0 Å². The maximum atomic E-state index is 11.0. The molecule has 0 N–H and O–H groups in total. The van der Waals surface area contributed by atoms with Crippen molar-refractivity contribution in [2.45, 2.75) is 23.7 Å². The second kappa shape index (κ2) is 2.80. The van der Waals surface area contributed by atoms with Crippen LogP contribution >= 0.6 is 23.1 Å². The largest absolute Gasteiger partial charge is 0.476 e. The van der Waals surface area contributed by atoms with Crippen molar-refractivity contribution in [1.29, 1.82) is 0 Å². The first-order valence-electron chi connectivity index (χ1n) is 4.49. The maximum Gasteiger partial charge on any atom is 0.396 e. The molecule has 0 unspecified atom stereocenters. The van der Waals surface area contributed by atoms with Gasteiger partial charge in [-0.25, -0.2) is 4.79 Å². The van der Waals surface area contributed by atoms with Crippen LogP contribution in [-0.2, 0) is 0 Å². The summed E-state index contributed by atoms with van der Waals surface area (Å²) in [5, 5.41) is 0. The number of benzene rings is 1. The van der Waals surface area contributed by atoms with Crippen LogP contribution in [-0.4, -0.2) is 4.93 Å². The molecule has 1 aromatic heterocycles. The Morgan fingerprint density at radius 2 is 2.13 bits per heavy atom. The maximum absolute atomic E-state index is 11.0. The molecule has 0 aliphatic carbocycles. The van der Waals surface area contributed by atoms with Crippen LogP contribution < -0.4 is 9.68 Å². The highest BCUT2D eigenvalue weighted by atomic mass is 32.2. The number of hydrogen-bond acceptors (Lipinski definition) is 5. The topological polar surface area (TPSA) is 39.4 Å². The van der Waals surface area contributed by atoms with E-state index in [2.05, 4.69) is 0 Å². The molecule has 0 spiro atoms. The highest BCUT2D eigenvalue weighted by molar-refractivity contribution is 8.00. The van der Waals surface area contributed by atoms with E-state index in [9.17, 15) is 4.79 Å². The zero-order valence-corrected chi connectivity index (χ0v) is 9.83. The molecule has 3 nitrogen and oxygen atoms in total. The second-order valence-electron chi connectivity index (χ2n) is 3.80. The van der Waals surface area contributed by atoms with Crippen LogP contribution in [0.25, 0.3) is 10.3 Å². The number of thioether (sulfide) groups is 1. The van der Waals surface area contributed by atoms with Gasteiger partial charge in [0, 0.05) is 6.07 Å². The van der Waals surface area contributed by atoms with E-state index in [1.165, 1.54) is 0 Å². The molecule has 3 rings (SSSR count). The van der Waals surface area contributed by atoms with Gasteiger partial charge in [-0.2, -0.15) is 0 Å². The highest BCUT2D eigenvalue weighted by Gasteiger charge is 2.31. The number of fused-ring (bicyclic) bond motifs is 2. The van der Waals surface area contributed by atoms with Crippen molar-refractivity contribution >= 4 is 33.4 Å². The van der Waals surface area contributed by atoms with Crippen LogP contribution in [0.15, 0.2) is 26.2 Å². The molecule has 2 aromatic rings. The van der Waals surface area contributed by atoms with Gasteiger partial charge in [-0.1, -0.05) is 23.1 Å². The van der Waals surface area contributed by atoms with Crippen LogP contribution in [0.2, 0.25) is 0 Å². The van der Waals surface area contributed by atoms with Gasteiger partial charge in [-0.15, -0.1) is 0 Å². The average Bonchev–Trinajstić information content (AvgIpc) is 2.55. The lowest BCUT2D eigenvalue weighted by atomic mass is 10.3. The molecule has 0 amide bonds. The third-order valence-corrected chi connectivity index (χ3v) is 4.01. The van der Waals surface area contributed by atoms with Gasteiger partial charge in [0.1, 0.15) is 5.75 Å². The van der Waals surface area contributed by atoms with E-state index >= 15 is 0 Å². The minimum absolute atomic E-state index is 0.230. The summed E-state index contributed by atoms with van der Waals surface area (Å²) in [6.45, 7) is 4.03. The molecule has 15 heavy (non-hydrogen) atoms. The van der Waals surface area contributed by atoms with E-state index in [-0.39, 0.29) is 9.87 Å². The standard InChI is InChI=1S/C10H8O3S2/c1-10(2)13-6-4-7-5(3-8(6)15-10)12-9(11)14-7/h3-4H,1-2H3. The monoisotopic (exact) mass is 240 g/mol. The third-order valence-electron chi connectivity index (χ3n) is 2.11. The van der Waals surface area contributed by atoms with Gasteiger partial charge < -0.3 is 9.15 Å². The summed E-state index contributed by atoms with van der Waals surface area (Å²) in [6.07, 6.45) is 0. The Hall–Kier alpha value is -0.940. The summed E-state index contributed by atoms with van der Waals surface area (Å²) in [6, 6.07) is 3.75. The predicted octanol–water partition coefficient (Wildman–Crippen LogP) is 3.08. The van der Waals surface area contributed by atoms with Gasteiger partial charge >= 0.3 is 4.94 Å². The molecule has 0 saturated heterocycles. The van der Waals surface area contributed by atoms with Crippen LogP contribution in [0.3, 0.4) is 0 Å². The first kappa shape index (κ1) is 9.30. The SMILES string of the molecule is CC1(C)Oc2cc3sc(=O)oc3cc2S1. The van der Waals surface area contributed by atoms with Gasteiger partial charge in [0.15, 0.2) is 10.5 Å². The van der Waals surface area contributed by atoms with Gasteiger partial charge in [-0.05, 0) is 19.9 Å². The average molecular weight is 240 g/mol. The number of ether oxygens (including phenoxy) is 1. The molecular weight excluding hydrogens is 232 g/mol. The molecule has 1 aromatic carbocycles. The van der Waals surface area contributed by atoms with Gasteiger partial charge in [0.2, 0.25) is 0 Å². The molecule has 5 heteroatoms. The van der Waals surface area contributed by atoms with Crippen molar-refractivity contribution in [3.63, 3.8) is 0 Å². The Morgan fingerprint density at radius 1 is 1.33 bits per heavy atom. The first-order chi connectivity index (χ1) is 7.03. The fourth-order valence-electron chi connectivity index (χ4n) is 1.59. The Balaban J connectivity index is 2.25. The van der Waals surface area contributed by atoms with E-state index in [4.69, 9.17) is 9.15 Å². The van der Waals surface area contributed by atoms with Crippen molar-refractivity contribution in [3.05, 3.63) is 21.9 Å². The molecular formula is C10H8O3S2. The van der Waals surface area contributed by atoms with Gasteiger partial charge in [0.05, 0.1) is 9.60 Å². The Bertz CT molecular complexity index is 546. The third kappa shape index (κ3) is 1.46. The van der Waals surface area contributed by atoms with Crippen molar-refractivity contribution in [2.75, 3.05) is 0 Å². The number of rotatable bonds is 0. The molecule has 0 bridgehead atoms. The smallest absolute Gasteiger partial charge is 0.396 e. The number of hydrogen-bond donors (Lipinski definition) is 0. The van der Waals surface area contributed by atoms with Crippen LogP contribution in [0.4, 0.5) is 0 Å². The molecule has 1 aliphatic rings. The van der Waals surface area contributed by atoms with E-state index < -0.39 is 0 Å². The fraction of sp³-hybridized carbons (Fsp3) is 0.300. The minimum Gasteiger partial charge on any atom is -0.476 e. The Labute approximate surface area is 94.0 Å². The Morgan fingerprint density at radius 3 is 2.93 bits per heavy atom. The summed E-state index contributed by atoms with van der Waals surface area (Å²) in [5.41, 5.74) is 0.651. The lowest BCUT2D eigenvalue weighted by Crippen LogP contribution is -2.17. The summed E-state index contributed by atoms with van der Waals surface area (Å²) in [7, 11) is 0. The zero-order chi connectivity index (χ0) is 10.6. The summed E-state index contributed by atoms with van der Waals surface area (Å²) >= 11 is 2.74. The molecule has 0 fully saturated rings. The van der Waals surface area contributed by atoms with E-state index in [1.54, 1.807) is 11.8 Å². The van der Waals surface area contributed by atoms with E-state index in [0.29, 0.717) is 5.58 Å². The zero-order valence-electron chi connectivity index (χ0n) is 8.20. The van der Waals surface area contributed by atoms with Gasteiger partial charge in [0.25, 0.3) is 0 Å². The van der Waals surface area contributed by atoms with Gasteiger partial charge in [-0.3, -0.25) is 0 Å². The van der Waals surface area contributed by atoms with E-state index in [1.807, 2.05) is 26.0 Å². The molecule has 78 valence electrons. The van der Waals surface area contributed by atoms with Crippen molar-refractivity contribution in [1.82, 2.24) is 0 Å².